The van der Waals surface area contributed by atoms with Gasteiger partial charge in [0.1, 0.15) is 24.3 Å². The summed E-state index contributed by atoms with van der Waals surface area (Å²) in [6.07, 6.45) is 1.20. The lowest BCUT2D eigenvalue weighted by Gasteiger charge is -2.08. The van der Waals surface area contributed by atoms with Gasteiger partial charge in [0.25, 0.3) is 5.69 Å². The molecule has 0 spiro atoms. The highest BCUT2D eigenvalue weighted by atomic mass is 16.6. The summed E-state index contributed by atoms with van der Waals surface area (Å²) in [6, 6.07) is 18.6. The molecule has 0 fully saturated rings. The molecule has 6 heteroatoms. The third kappa shape index (κ3) is 4.32. The maximum atomic E-state index is 10.8. The summed E-state index contributed by atoms with van der Waals surface area (Å²) in [5.41, 5.74) is 1.56. The van der Waals surface area contributed by atoms with Crippen LogP contribution in [0.4, 0.5) is 5.69 Å². The van der Waals surface area contributed by atoms with Crippen molar-refractivity contribution >= 4 is 5.69 Å². The molecule has 1 heterocycles. The van der Waals surface area contributed by atoms with Gasteiger partial charge in [-0.25, -0.2) is 4.98 Å². The molecule has 0 aliphatic rings. The SMILES string of the molecule is Cc1cc(Oc2ccc(OCc3ccccc3)cc2)ncc1[N+](=O)[O-]. The van der Waals surface area contributed by atoms with Crippen molar-refractivity contribution in [2.45, 2.75) is 13.5 Å². The van der Waals surface area contributed by atoms with Gasteiger partial charge in [-0.2, -0.15) is 0 Å². The summed E-state index contributed by atoms with van der Waals surface area (Å²) in [7, 11) is 0. The Labute approximate surface area is 144 Å². The molecule has 0 unspecified atom stereocenters. The van der Waals surface area contributed by atoms with Gasteiger partial charge in [-0.3, -0.25) is 10.1 Å². The Morgan fingerprint density at radius 2 is 1.72 bits per heavy atom. The zero-order chi connectivity index (χ0) is 17.6. The third-order valence-corrected chi connectivity index (χ3v) is 3.55. The summed E-state index contributed by atoms with van der Waals surface area (Å²) in [4.78, 5) is 14.3. The molecule has 0 aliphatic heterocycles. The van der Waals surface area contributed by atoms with Crippen molar-refractivity contribution in [2.75, 3.05) is 0 Å². The van der Waals surface area contributed by atoms with E-state index in [1.807, 2.05) is 30.3 Å². The Hall–Kier alpha value is -3.41. The van der Waals surface area contributed by atoms with Crippen molar-refractivity contribution in [3.8, 4) is 17.4 Å². The Morgan fingerprint density at radius 1 is 1.04 bits per heavy atom. The number of hydrogen-bond acceptors (Lipinski definition) is 5. The number of aryl methyl sites for hydroxylation is 1. The minimum atomic E-state index is -0.467. The molecule has 25 heavy (non-hydrogen) atoms. The van der Waals surface area contributed by atoms with E-state index in [-0.39, 0.29) is 5.69 Å². The van der Waals surface area contributed by atoms with E-state index in [1.54, 1.807) is 31.2 Å². The van der Waals surface area contributed by atoms with Crippen LogP contribution in [0.3, 0.4) is 0 Å². The van der Waals surface area contributed by atoms with E-state index in [4.69, 9.17) is 9.47 Å². The number of ether oxygens (including phenoxy) is 2. The van der Waals surface area contributed by atoms with E-state index in [9.17, 15) is 10.1 Å². The first-order valence-electron chi connectivity index (χ1n) is 7.67. The first-order valence-corrected chi connectivity index (χ1v) is 7.67. The summed E-state index contributed by atoms with van der Waals surface area (Å²) >= 11 is 0. The number of nitro groups is 1. The second-order valence-corrected chi connectivity index (χ2v) is 5.41. The molecular weight excluding hydrogens is 320 g/mol. The van der Waals surface area contributed by atoms with Crippen LogP contribution in [-0.2, 0) is 6.61 Å². The van der Waals surface area contributed by atoms with Crippen LogP contribution in [0.1, 0.15) is 11.1 Å². The van der Waals surface area contributed by atoms with Gasteiger partial charge >= 0.3 is 0 Å². The summed E-state index contributed by atoms with van der Waals surface area (Å²) in [6.45, 7) is 2.14. The highest BCUT2D eigenvalue weighted by molar-refractivity contribution is 5.41. The molecule has 3 rings (SSSR count). The van der Waals surface area contributed by atoms with Gasteiger partial charge in [-0.05, 0) is 36.8 Å². The van der Waals surface area contributed by atoms with Crippen molar-refractivity contribution in [3.05, 3.63) is 88.1 Å². The van der Waals surface area contributed by atoms with Crippen molar-refractivity contribution in [1.29, 1.82) is 0 Å². The predicted molar refractivity (Wildman–Crippen MR) is 92.9 cm³/mol. The molecule has 0 bridgehead atoms. The van der Waals surface area contributed by atoms with Gasteiger partial charge < -0.3 is 9.47 Å². The summed E-state index contributed by atoms with van der Waals surface area (Å²) in [5, 5.41) is 10.8. The van der Waals surface area contributed by atoms with Crippen LogP contribution in [0.15, 0.2) is 66.9 Å². The van der Waals surface area contributed by atoms with Crippen LogP contribution in [0, 0.1) is 17.0 Å². The minimum absolute atomic E-state index is 0.0305. The molecule has 0 aliphatic carbocycles. The third-order valence-electron chi connectivity index (χ3n) is 3.55. The lowest BCUT2D eigenvalue weighted by atomic mass is 10.2. The number of benzene rings is 2. The van der Waals surface area contributed by atoms with Gasteiger partial charge in [0.2, 0.25) is 5.88 Å². The molecule has 0 N–H and O–H groups in total. The molecule has 0 radical (unpaired) electrons. The molecule has 0 saturated carbocycles. The van der Waals surface area contributed by atoms with E-state index >= 15 is 0 Å². The highest BCUT2D eigenvalue weighted by Crippen LogP contribution is 2.26. The predicted octanol–water partition coefficient (Wildman–Crippen LogP) is 4.67. The number of rotatable bonds is 6. The Bertz CT molecular complexity index is 864. The average Bonchev–Trinajstić information content (AvgIpc) is 2.62. The van der Waals surface area contributed by atoms with E-state index in [2.05, 4.69) is 4.98 Å². The molecular formula is C19H16N2O4. The van der Waals surface area contributed by atoms with E-state index in [0.717, 1.165) is 11.3 Å². The smallest absolute Gasteiger partial charge is 0.290 e. The molecule has 0 saturated heterocycles. The zero-order valence-corrected chi connectivity index (χ0v) is 13.6. The lowest BCUT2D eigenvalue weighted by Crippen LogP contribution is -1.96. The minimum Gasteiger partial charge on any atom is -0.489 e. The quantitative estimate of drug-likeness (QED) is 0.483. The van der Waals surface area contributed by atoms with Crippen molar-refractivity contribution in [3.63, 3.8) is 0 Å². The number of hydrogen-bond donors (Lipinski definition) is 0. The molecule has 0 amide bonds. The zero-order valence-electron chi connectivity index (χ0n) is 13.6. The molecule has 1 aromatic heterocycles. The van der Waals surface area contributed by atoms with Crippen molar-refractivity contribution in [1.82, 2.24) is 4.98 Å². The molecule has 2 aromatic carbocycles. The fourth-order valence-corrected chi connectivity index (χ4v) is 2.24. The maximum Gasteiger partial charge on any atom is 0.290 e. The second kappa shape index (κ2) is 7.44. The summed E-state index contributed by atoms with van der Waals surface area (Å²) < 4.78 is 11.3. The van der Waals surface area contributed by atoms with Crippen LogP contribution in [0.2, 0.25) is 0 Å². The van der Waals surface area contributed by atoms with E-state index in [1.165, 1.54) is 12.3 Å². The number of nitrogens with zero attached hydrogens (tertiary/aromatic N) is 2. The standard InChI is InChI=1S/C19H16N2O4/c1-14-11-19(20-12-18(14)21(22)23)25-17-9-7-16(8-10-17)24-13-15-5-3-2-4-6-15/h2-12H,13H2,1H3. The molecule has 126 valence electrons. The molecule has 3 aromatic rings. The van der Waals surface area contributed by atoms with Gasteiger partial charge in [0, 0.05) is 11.6 Å². The lowest BCUT2D eigenvalue weighted by molar-refractivity contribution is -0.385. The van der Waals surface area contributed by atoms with Crippen LogP contribution in [-0.4, -0.2) is 9.91 Å². The van der Waals surface area contributed by atoms with Gasteiger partial charge in [-0.1, -0.05) is 30.3 Å². The Balaban J connectivity index is 1.62. The van der Waals surface area contributed by atoms with Gasteiger partial charge in [0.05, 0.1) is 4.92 Å². The van der Waals surface area contributed by atoms with Crippen LogP contribution in [0.25, 0.3) is 0 Å². The van der Waals surface area contributed by atoms with Crippen LogP contribution in [0.5, 0.6) is 17.4 Å². The average molecular weight is 336 g/mol. The normalized spacial score (nSPS) is 10.3. The topological polar surface area (TPSA) is 74.5 Å². The van der Waals surface area contributed by atoms with E-state index in [0.29, 0.717) is 23.8 Å². The maximum absolute atomic E-state index is 10.8. The fraction of sp³-hybridized carbons (Fsp3) is 0.105. The Morgan fingerprint density at radius 3 is 2.36 bits per heavy atom. The van der Waals surface area contributed by atoms with Crippen molar-refractivity contribution in [2.24, 2.45) is 0 Å². The second-order valence-electron chi connectivity index (χ2n) is 5.41. The Kier molecular flexibility index (Phi) is 4.89. The first kappa shape index (κ1) is 16.4. The number of aromatic nitrogens is 1. The summed E-state index contributed by atoms with van der Waals surface area (Å²) in [5.74, 6) is 1.61. The van der Waals surface area contributed by atoms with Crippen LogP contribution >= 0.6 is 0 Å². The molecule has 6 nitrogen and oxygen atoms in total. The largest absolute Gasteiger partial charge is 0.489 e. The van der Waals surface area contributed by atoms with Crippen molar-refractivity contribution < 1.29 is 14.4 Å². The monoisotopic (exact) mass is 336 g/mol. The van der Waals surface area contributed by atoms with Crippen LogP contribution < -0.4 is 9.47 Å². The fourth-order valence-electron chi connectivity index (χ4n) is 2.24. The highest BCUT2D eigenvalue weighted by Gasteiger charge is 2.12. The molecule has 0 atom stereocenters. The van der Waals surface area contributed by atoms with Gasteiger partial charge in [-0.15, -0.1) is 0 Å². The van der Waals surface area contributed by atoms with Gasteiger partial charge in [0.15, 0.2) is 0 Å². The van der Waals surface area contributed by atoms with E-state index < -0.39 is 4.92 Å². The number of pyridine rings is 1. The first-order chi connectivity index (χ1) is 12.1.